The standard InChI is InChI=1S/C16H19NO5/c1-20-11-5-3-10(9-13(11)21-2)4-6-14(18)17-8-7-12-15(22-12)16(17)19/h3,5,9,12,15H,4,6-8H2,1-2H3/t12-,15-/m0/s1. The maximum atomic E-state index is 12.2. The maximum Gasteiger partial charge on any atom is 0.261 e. The number of amides is 2. The summed E-state index contributed by atoms with van der Waals surface area (Å²) in [6.07, 6.45) is 1.26. The molecule has 2 aliphatic rings. The van der Waals surface area contributed by atoms with E-state index in [1.54, 1.807) is 14.2 Å². The summed E-state index contributed by atoms with van der Waals surface area (Å²) < 4.78 is 15.6. The molecule has 1 aromatic carbocycles. The molecule has 1 aromatic rings. The van der Waals surface area contributed by atoms with E-state index in [1.165, 1.54) is 4.90 Å². The first-order valence-electron chi connectivity index (χ1n) is 7.34. The van der Waals surface area contributed by atoms with Crippen LogP contribution in [0.2, 0.25) is 0 Å². The van der Waals surface area contributed by atoms with Crippen molar-refractivity contribution in [1.82, 2.24) is 4.90 Å². The highest BCUT2D eigenvalue weighted by Gasteiger charge is 2.51. The minimum absolute atomic E-state index is 0.0439. The number of fused-ring (bicyclic) bond motifs is 1. The summed E-state index contributed by atoms with van der Waals surface area (Å²) in [5, 5.41) is 0. The van der Waals surface area contributed by atoms with Crippen molar-refractivity contribution in [3.05, 3.63) is 23.8 Å². The highest BCUT2D eigenvalue weighted by molar-refractivity contribution is 5.99. The second-order valence-corrected chi connectivity index (χ2v) is 5.46. The van der Waals surface area contributed by atoms with Crippen LogP contribution < -0.4 is 9.47 Å². The Balaban J connectivity index is 1.60. The molecule has 0 N–H and O–H groups in total. The van der Waals surface area contributed by atoms with Crippen molar-refractivity contribution < 1.29 is 23.8 Å². The summed E-state index contributed by atoms with van der Waals surface area (Å²) in [6, 6.07) is 5.56. The molecule has 2 atom stereocenters. The molecule has 2 fully saturated rings. The van der Waals surface area contributed by atoms with E-state index in [2.05, 4.69) is 0 Å². The van der Waals surface area contributed by atoms with E-state index in [-0.39, 0.29) is 24.0 Å². The quantitative estimate of drug-likeness (QED) is 0.764. The zero-order chi connectivity index (χ0) is 15.7. The molecule has 22 heavy (non-hydrogen) atoms. The van der Waals surface area contributed by atoms with Gasteiger partial charge in [0, 0.05) is 13.0 Å². The number of methoxy groups -OCH3 is 2. The first-order valence-corrected chi connectivity index (χ1v) is 7.34. The van der Waals surface area contributed by atoms with E-state index in [1.807, 2.05) is 18.2 Å². The van der Waals surface area contributed by atoms with Gasteiger partial charge in [-0.2, -0.15) is 0 Å². The molecule has 2 heterocycles. The molecule has 0 saturated carbocycles. The summed E-state index contributed by atoms with van der Waals surface area (Å²) >= 11 is 0. The Morgan fingerprint density at radius 3 is 2.82 bits per heavy atom. The molecule has 2 saturated heterocycles. The number of carbonyl (C=O) groups is 2. The van der Waals surface area contributed by atoms with Gasteiger partial charge in [0.05, 0.1) is 20.3 Å². The van der Waals surface area contributed by atoms with E-state index < -0.39 is 0 Å². The minimum Gasteiger partial charge on any atom is -0.493 e. The third kappa shape index (κ3) is 2.78. The number of epoxide rings is 1. The van der Waals surface area contributed by atoms with Crippen molar-refractivity contribution in [1.29, 1.82) is 0 Å². The Labute approximate surface area is 128 Å². The summed E-state index contributed by atoms with van der Waals surface area (Å²) in [4.78, 5) is 25.5. The molecule has 0 unspecified atom stereocenters. The molecule has 3 rings (SSSR count). The van der Waals surface area contributed by atoms with Crippen molar-refractivity contribution >= 4 is 11.8 Å². The highest BCUT2D eigenvalue weighted by Crippen LogP contribution is 2.32. The molecule has 0 aromatic heterocycles. The van der Waals surface area contributed by atoms with Crippen molar-refractivity contribution in [2.45, 2.75) is 31.5 Å². The second kappa shape index (κ2) is 5.96. The number of rotatable bonds is 5. The summed E-state index contributed by atoms with van der Waals surface area (Å²) in [6.45, 7) is 0.463. The molecular formula is C16H19NO5. The van der Waals surface area contributed by atoms with Crippen molar-refractivity contribution in [3.8, 4) is 11.5 Å². The SMILES string of the molecule is COc1ccc(CCC(=O)N2CC[C@@H]3O[C@@H]3C2=O)cc1OC. The predicted octanol–water partition coefficient (Wildman–Crippen LogP) is 1.16. The number of carbonyl (C=O) groups excluding carboxylic acids is 2. The van der Waals surface area contributed by atoms with E-state index >= 15 is 0 Å². The van der Waals surface area contributed by atoms with Gasteiger partial charge in [0.2, 0.25) is 5.91 Å². The Hall–Kier alpha value is -2.08. The first-order chi connectivity index (χ1) is 10.6. The number of nitrogens with zero attached hydrogens (tertiary/aromatic N) is 1. The molecule has 0 bridgehead atoms. The third-order valence-corrected chi connectivity index (χ3v) is 4.11. The Morgan fingerprint density at radius 2 is 2.09 bits per heavy atom. The van der Waals surface area contributed by atoms with Crippen LogP contribution in [-0.4, -0.2) is 49.7 Å². The zero-order valence-corrected chi connectivity index (χ0v) is 12.7. The van der Waals surface area contributed by atoms with Crippen LogP contribution in [0.1, 0.15) is 18.4 Å². The van der Waals surface area contributed by atoms with Crippen molar-refractivity contribution in [3.63, 3.8) is 0 Å². The summed E-state index contributed by atoms with van der Waals surface area (Å²) in [5.41, 5.74) is 0.969. The lowest BCUT2D eigenvalue weighted by Gasteiger charge is -2.22. The number of benzene rings is 1. The van der Waals surface area contributed by atoms with Crippen molar-refractivity contribution in [2.24, 2.45) is 0 Å². The smallest absolute Gasteiger partial charge is 0.261 e. The lowest BCUT2D eigenvalue weighted by atomic mass is 10.1. The highest BCUT2D eigenvalue weighted by atomic mass is 16.6. The molecule has 0 radical (unpaired) electrons. The fourth-order valence-corrected chi connectivity index (χ4v) is 2.77. The summed E-state index contributed by atoms with van der Waals surface area (Å²) in [7, 11) is 3.15. The number of hydrogen-bond acceptors (Lipinski definition) is 5. The number of likely N-dealkylation sites (tertiary alicyclic amines) is 1. The minimum atomic E-state index is -0.376. The molecule has 0 aliphatic carbocycles. The number of piperidine rings is 1. The van der Waals surface area contributed by atoms with Crippen LogP contribution in [0.25, 0.3) is 0 Å². The van der Waals surface area contributed by atoms with Gasteiger partial charge in [-0.25, -0.2) is 0 Å². The average molecular weight is 305 g/mol. The lowest BCUT2D eigenvalue weighted by molar-refractivity contribution is -0.146. The van der Waals surface area contributed by atoms with Gasteiger partial charge < -0.3 is 14.2 Å². The molecule has 2 amide bonds. The first kappa shape index (κ1) is 14.8. The second-order valence-electron chi connectivity index (χ2n) is 5.46. The average Bonchev–Trinajstić information content (AvgIpc) is 3.33. The Kier molecular flexibility index (Phi) is 4.02. The number of ether oxygens (including phenoxy) is 3. The zero-order valence-electron chi connectivity index (χ0n) is 12.7. The van der Waals surface area contributed by atoms with Gasteiger partial charge in [-0.1, -0.05) is 6.07 Å². The van der Waals surface area contributed by atoms with E-state index in [0.29, 0.717) is 30.9 Å². The molecule has 118 valence electrons. The van der Waals surface area contributed by atoms with E-state index in [4.69, 9.17) is 14.2 Å². The Bertz CT molecular complexity index is 600. The lowest BCUT2D eigenvalue weighted by Crippen LogP contribution is -2.44. The Morgan fingerprint density at radius 1 is 1.32 bits per heavy atom. The normalized spacial score (nSPS) is 23.0. The predicted molar refractivity (Wildman–Crippen MR) is 77.9 cm³/mol. The van der Waals surface area contributed by atoms with Crippen LogP contribution in [0, 0.1) is 0 Å². The molecule has 0 spiro atoms. The number of imide groups is 1. The van der Waals surface area contributed by atoms with Gasteiger partial charge in [-0.05, 0) is 30.5 Å². The van der Waals surface area contributed by atoms with E-state index in [9.17, 15) is 9.59 Å². The van der Waals surface area contributed by atoms with Gasteiger partial charge in [-0.15, -0.1) is 0 Å². The van der Waals surface area contributed by atoms with Crippen LogP contribution in [0.4, 0.5) is 0 Å². The van der Waals surface area contributed by atoms with Gasteiger partial charge in [-0.3, -0.25) is 14.5 Å². The fraction of sp³-hybridized carbons (Fsp3) is 0.500. The fourth-order valence-electron chi connectivity index (χ4n) is 2.77. The van der Waals surface area contributed by atoms with Crippen LogP contribution in [0.15, 0.2) is 18.2 Å². The molecule has 2 aliphatic heterocycles. The van der Waals surface area contributed by atoms with Gasteiger partial charge in [0.25, 0.3) is 5.91 Å². The number of hydrogen-bond donors (Lipinski definition) is 0. The maximum absolute atomic E-state index is 12.2. The van der Waals surface area contributed by atoms with Gasteiger partial charge >= 0.3 is 0 Å². The third-order valence-electron chi connectivity index (χ3n) is 4.11. The van der Waals surface area contributed by atoms with Crippen molar-refractivity contribution in [2.75, 3.05) is 20.8 Å². The van der Waals surface area contributed by atoms with Crippen LogP contribution >= 0.6 is 0 Å². The number of aryl methyl sites for hydroxylation is 1. The molecule has 6 heteroatoms. The van der Waals surface area contributed by atoms with E-state index in [0.717, 1.165) is 12.0 Å². The summed E-state index contributed by atoms with van der Waals surface area (Å²) in [5.74, 6) is 0.957. The van der Waals surface area contributed by atoms with Crippen LogP contribution in [0.5, 0.6) is 11.5 Å². The van der Waals surface area contributed by atoms with Crippen LogP contribution in [-0.2, 0) is 20.7 Å². The molecule has 6 nitrogen and oxygen atoms in total. The molecular weight excluding hydrogens is 286 g/mol. The monoisotopic (exact) mass is 305 g/mol. The van der Waals surface area contributed by atoms with Crippen LogP contribution in [0.3, 0.4) is 0 Å². The topological polar surface area (TPSA) is 68.4 Å². The largest absolute Gasteiger partial charge is 0.493 e. The van der Waals surface area contributed by atoms with Gasteiger partial charge in [0.1, 0.15) is 0 Å². The van der Waals surface area contributed by atoms with Gasteiger partial charge in [0.15, 0.2) is 17.6 Å².